The molecule has 0 bridgehead atoms. The Kier molecular flexibility index (Phi) is 2.74. The van der Waals surface area contributed by atoms with Crippen LogP contribution in [0.3, 0.4) is 0 Å². The van der Waals surface area contributed by atoms with Crippen LogP contribution in [-0.4, -0.2) is 0 Å². The molecule has 76 valence electrons. The average molecular weight is 214 g/mol. The van der Waals surface area contributed by atoms with E-state index >= 15 is 0 Å². The molecule has 0 unspecified atom stereocenters. The maximum atomic E-state index is 4.09. The van der Waals surface area contributed by atoms with Crippen molar-refractivity contribution in [1.29, 1.82) is 0 Å². The molecule has 0 nitrogen and oxygen atoms in total. The van der Waals surface area contributed by atoms with Gasteiger partial charge in [0.2, 0.25) is 0 Å². The van der Waals surface area contributed by atoms with E-state index in [0.29, 0.717) is 0 Å². The standard InChI is InChI=1S/C14H14S/c1-4-5-6-12-11(3)15-14-9-10(2)7-8-13(12)14/h4-9H,3H2,1-2H3/b5-4-,12-6+. The summed E-state index contributed by atoms with van der Waals surface area (Å²) in [6.07, 6.45) is 6.24. The highest BCUT2D eigenvalue weighted by Gasteiger charge is 1.98. The molecular formula is C14H14S. The van der Waals surface area contributed by atoms with Crippen LogP contribution in [0.15, 0.2) is 30.4 Å². The summed E-state index contributed by atoms with van der Waals surface area (Å²) >= 11 is 1.77. The Morgan fingerprint density at radius 3 is 2.87 bits per heavy atom. The van der Waals surface area contributed by atoms with Crippen molar-refractivity contribution in [3.8, 4) is 0 Å². The first kappa shape index (κ1) is 10.2. The third-order valence-electron chi connectivity index (χ3n) is 2.42. The summed E-state index contributed by atoms with van der Waals surface area (Å²) in [5.74, 6) is 0. The summed E-state index contributed by atoms with van der Waals surface area (Å²) in [5, 5.41) is 2.57. The summed E-state index contributed by atoms with van der Waals surface area (Å²) in [4.78, 5) is 0. The third-order valence-corrected chi connectivity index (χ3v) is 3.44. The van der Waals surface area contributed by atoms with Gasteiger partial charge in [-0.1, -0.05) is 36.9 Å². The molecule has 0 aliphatic rings. The van der Waals surface area contributed by atoms with Gasteiger partial charge in [0.1, 0.15) is 0 Å². The molecular weight excluding hydrogens is 200 g/mol. The van der Waals surface area contributed by atoms with Gasteiger partial charge in [-0.3, -0.25) is 0 Å². The summed E-state index contributed by atoms with van der Waals surface area (Å²) in [6.45, 7) is 8.24. The summed E-state index contributed by atoms with van der Waals surface area (Å²) in [7, 11) is 0. The fourth-order valence-corrected chi connectivity index (χ4v) is 2.74. The summed E-state index contributed by atoms with van der Waals surface area (Å²) < 4.78 is 2.48. The van der Waals surface area contributed by atoms with Crippen LogP contribution in [0.25, 0.3) is 22.7 Å². The molecule has 15 heavy (non-hydrogen) atoms. The number of aryl methyl sites for hydroxylation is 1. The number of rotatable bonds is 1. The average Bonchev–Trinajstić information content (AvgIpc) is 2.50. The van der Waals surface area contributed by atoms with Crippen molar-refractivity contribution in [3.63, 3.8) is 0 Å². The molecule has 2 rings (SSSR count). The van der Waals surface area contributed by atoms with Gasteiger partial charge in [0.25, 0.3) is 0 Å². The van der Waals surface area contributed by atoms with E-state index in [4.69, 9.17) is 0 Å². The van der Waals surface area contributed by atoms with Crippen LogP contribution < -0.4 is 9.75 Å². The third kappa shape index (κ3) is 1.88. The van der Waals surface area contributed by atoms with Crippen molar-refractivity contribution in [3.05, 3.63) is 45.7 Å². The predicted molar refractivity (Wildman–Crippen MR) is 70.6 cm³/mol. The van der Waals surface area contributed by atoms with Crippen molar-refractivity contribution >= 4 is 34.1 Å². The highest BCUT2D eigenvalue weighted by molar-refractivity contribution is 7.17. The van der Waals surface area contributed by atoms with Crippen LogP contribution >= 0.6 is 11.3 Å². The lowest BCUT2D eigenvalue weighted by molar-refractivity contribution is 1.51. The lowest BCUT2D eigenvalue weighted by Gasteiger charge is -1.91. The number of allylic oxidation sites excluding steroid dienone is 2. The molecule has 0 radical (unpaired) electrons. The largest absolute Gasteiger partial charge is 0.136 e. The number of benzene rings is 1. The van der Waals surface area contributed by atoms with Gasteiger partial charge >= 0.3 is 0 Å². The number of thiophene rings is 1. The van der Waals surface area contributed by atoms with E-state index in [1.54, 1.807) is 11.3 Å². The Morgan fingerprint density at radius 2 is 2.13 bits per heavy atom. The fraction of sp³-hybridized carbons (Fsp3) is 0.143. The molecule has 2 aromatic rings. The highest BCUT2D eigenvalue weighted by Crippen LogP contribution is 2.14. The minimum atomic E-state index is 1.15. The van der Waals surface area contributed by atoms with Crippen LogP contribution in [0, 0.1) is 6.92 Å². The van der Waals surface area contributed by atoms with Crippen molar-refractivity contribution < 1.29 is 0 Å². The molecule has 0 spiro atoms. The lowest BCUT2D eigenvalue weighted by Crippen LogP contribution is -2.15. The second-order valence-corrected chi connectivity index (χ2v) is 4.77. The van der Waals surface area contributed by atoms with E-state index in [1.165, 1.54) is 20.9 Å². The second-order valence-electron chi connectivity index (χ2n) is 3.63. The van der Waals surface area contributed by atoms with Gasteiger partial charge < -0.3 is 0 Å². The molecule has 0 amide bonds. The molecule has 1 aromatic heterocycles. The molecule has 0 aliphatic heterocycles. The van der Waals surface area contributed by atoms with E-state index in [0.717, 1.165) is 4.53 Å². The fourth-order valence-electron chi connectivity index (χ4n) is 1.65. The van der Waals surface area contributed by atoms with Gasteiger partial charge in [-0.15, -0.1) is 11.3 Å². The first-order chi connectivity index (χ1) is 7.22. The minimum Gasteiger partial charge on any atom is -0.136 e. The van der Waals surface area contributed by atoms with E-state index in [2.05, 4.69) is 43.9 Å². The summed E-state index contributed by atoms with van der Waals surface area (Å²) in [6, 6.07) is 6.56. The Balaban J connectivity index is 2.86. The maximum absolute atomic E-state index is 4.09. The molecule has 0 saturated carbocycles. The molecule has 0 saturated heterocycles. The zero-order valence-corrected chi connectivity index (χ0v) is 9.90. The Bertz CT molecular complexity index is 615. The quantitative estimate of drug-likeness (QED) is 0.684. The van der Waals surface area contributed by atoms with E-state index < -0.39 is 0 Å². The zero-order chi connectivity index (χ0) is 10.8. The van der Waals surface area contributed by atoms with Crippen LogP contribution in [0.5, 0.6) is 0 Å². The van der Waals surface area contributed by atoms with E-state index in [9.17, 15) is 0 Å². The van der Waals surface area contributed by atoms with Gasteiger partial charge in [-0.05, 0) is 30.7 Å². The minimum absolute atomic E-state index is 1.15. The molecule has 0 fully saturated rings. The molecule has 0 N–H and O–H groups in total. The maximum Gasteiger partial charge on any atom is 0.0357 e. The Labute approximate surface area is 93.9 Å². The lowest BCUT2D eigenvalue weighted by atomic mass is 10.1. The van der Waals surface area contributed by atoms with Gasteiger partial charge in [0.15, 0.2) is 0 Å². The molecule has 0 atom stereocenters. The number of hydrogen-bond donors (Lipinski definition) is 0. The second kappa shape index (κ2) is 4.03. The van der Waals surface area contributed by atoms with Gasteiger partial charge in [-0.25, -0.2) is 0 Å². The van der Waals surface area contributed by atoms with Crippen molar-refractivity contribution in [1.82, 2.24) is 0 Å². The highest BCUT2D eigenvalue weighted by atomic mass is 32.1. The van der Waals surface area contributed by atoms with Crippen LogP contribution in [0.2, 0.25) is 0 Å². The van der Waals surface area contributed by atoms with Gasteiger partial charge in [-0.2, -0.15) is 0 Å². The SMILES string of the molecule is C=c1sc2cc(C)ccc2/c1=C/C=C\C. The van der Waals surface area contributed by atoms with Crippen molar-refractivity contribution in [2.24, 2.45) is 0 Å². The smallest absolute Gasteiger partial charge is 0.0357 e. The Morgan fingerprint density at radius 1 is 1.33 bits per heavy atom. The first-order valence-electron chi connectivity index (χ1n) is 5.03. The number of hydrogen-bond acceptors (Lipinski definition) is 1. The van der Waals surface area contributed by atoms with Gasteiger partial charge in [0, 0.05) is 14.6 Å². The van der Waals surface area contributed by atoms with Crippen LogP contribution in [-0.2, 0) is 0 Å². The van der Waals surface area contributed by atoms with Crippen LogP contribution in [0.4, 0.5) is 0 Å². The zero-order valence-electron chi connectivity index (χ0n) is 9.08. The van der Waals surface area contributed by atoms with Crippen LogP contribution in [0.1, 0.15) is 12.5 Å². The molecule has 1 aromatic carbocycles. The first-order valence-corrected chi connectivity index (χ1v) is 5.85. The van der Waals surface area contributed by atoms with E-state index in [1.807, 2.05) is 13.0 Å². The molecule has 0 aliphatic carbocycles. The number of fused-ring (bicyclic) bond motifs is 1. The topological polar surface area (TPSA) is 0 Å². The van der Waals surface area contributed by atoms with Crippen molar-refractivity contribution in [2.75, 3.05) is 0 Å². The van der Waals surface area contributed by atoms with Crippen molar-refractivity contribution in [2.45, 2.75) is 13.8 Å². The van der Waals surface area contributed by atoms with Gasteiger partial charge in [0.05, 0.1) is 0 Å². The summed E-state index contributed by atoms with van der Waals surface area (Å²) in [5.41, 5.74) is 1.31. The molecule has 1 heteroatoms. The Hall–Kier alpha value is -1.34. The molecule has 1 heterocycles. The predicted octanol–water partition coefficient (Wildman–Crippen LogP) is 2.98. The van der Waals surface area contributed by atoms with E-state index in [-0.39, 0.29) is 0 Å². The monoisotopic (exact) mass is 214 g/mol. The normalized spacial score (nSPS) is 13.1.